The van der Waals surface area contributed by atoms with Crippen LogP contribution >= 0.6 is 23.1 Å². The molecule has 18 heavy (non-hydrogen) atoms. The van der Waals surface area contributed by atoms with E-state index in [1.54, 1.807) is 6.92 Å². The second kappa shape index (κ2) is 7.73. The lowest BCUT2D eigenvalue weighted by atomic mass is 10.3. The molecule has 2 N–H and O–H groups in total. The maximum atomic E-state index is 10.6. The van der Waals surface area contributed by atoms with Crippen LogP contribution in [0.15, 0.2) is 4.34 Å². The Morgan fingerprint density at radius 1 is 1.61 bits per heavy atom. The zero-order chi connectivity index (χ0) is 13.5. The van der Waals surface area contributed by atoms with Crippen molar-refractivity contribution >= 4 is 29.1 Å². The van der Waals surface area contributed by atoms with Crippen molar-refractivity contribution in [3.8, 4) is 0 Å². The van der Waals surface area contributed by atoms with Crippen LogP contribution in [0, 0.1) is 6.92 Å². The van der Waals surface area contributed by atoms with E-state index in [-0.39, 0.29) is 6.42 Å². The quantitative estimate of drug-likeness (QED) is 0.708. The first kappa shape index (κ1) is 15.4. The zero-order valence-corrected chi connectivity index (χ0v) is 12.0. The van der Waals surface area contributed by atoms with Crippen molar-refractivity contribution in [1.82, 2.24) is 4.98 Å². The van der Waals surface area contributed by atoms with Crippen molar-refractivity contribution in [2.75, 3.05) is 19.0 Å². The SMILES string of the molecule is CCOCC(O)CSc1nc(C)c(CC(=O)O)s1. The fourth-order valence-corrected chi connectivity index (χ4v) is 3.39. The lowest BCUT2D eigenvalue weighted by molar-refractivity contribution is -0.136. The van der Waals surface area contributed by atoms with Crippen molar-refractivity contribution < 1.29 is 19.7 Å². The summed E-state index contributed by atoms with van der Waals surface area (Å²) in [5, 5.41) is 18.3. The van der Waals surface area contributed by atoms with Crippen LogP contribution in [0.2, 0.25) is 0 Å². The first-order valence-corrected chi connectivity index (χ1v) is 7.39. The molecule has 0 aliphatic rings. The summed E-state index contributed by atoms with van der Waals surface area (Å²) in [7, 11) is 0. The number of ether oxygens (including phenoxy) is 1. The van der Waals surface area contributed by atoms with E-state index in [1.807, 2.05) is 6.92 Å². The molecule has 5 nitrogen and oxygen atoms in total. The Hall–Kier alpha value is -0.630. The van der Waals surface area contributed by atoms with E-state index in [9.17, 15) is 9.90 Å². The second-order valence-electron chi connectivity index (χ2n) is 3.68. The molecule has 0 radical (unpaired) electrons. The van der Waals surface area contributed by atoms with Gasteiger partial charge in [-0.1, -0.05) is 11.8 Å². The Bertz CT molecular complexity index is 394. The first-order chi connectivity index (χ1) is 8.52. The van der Waals surface area contributed by atoms with Gasteiger partial charge in [0.25, 0.3) is 0 Å². The van der Waals surface area contributed by atoms with Crippen LogP contribution in [0.4, 0.5) is 0 Å². The van der Waals surface area contributed by atoms with Crippen molar-refractivity contribution in [3.05, 3.63) is 10.6 Å². The topological polar surface area (TPSA) is 79.7 Å². The highest BCUT2D eigenvalue weighted by molar-refractivity contribution is 8.01. The number of hydrogen-bond donors (Lipinski definition) is 2. The van der Waals surface area contributed by atoms with E-state index in [2.05, 4.69) is 4.98 Å². The maximum Gasteiger partial charge on any atom is 0.308 e. The minimum Gasteiger partial charge on any atom is -0.481 e. The lowest BCUT2D eigenvalue weighted by Gasteiger charge is -2.08. The molecule has 0 aliphatic heterocycles. The van der Waals surface area contributed by atoms with Crippen molar-refractivity contribution in [1.29, 1.82) is 0 Å². The molecule has 0 fully saturated rings. The largest absolute Gasteiger partial charge is 0.481 e. The highest BCUT2D eigenvalue weighted by atomic mass is 32.2. The van der Waals surface area contributed by atoms with Gasteiger partial charge in [-0.15, -0.1) is 11.3 Å². The Morgan fingerprint density at radius 3 is 2.94 bits per heavy atom. The molecule has 102 valence electrons. The molecule has 0 bridgehead atoms. The summed E-state index contributed by atoms with van der Waals surface area (Å²) < 4.78 is 5.90. The highest BCUT2D eigenvalue weighted by Crippen LogP contribution is 2.28. The number of hydrogen-bond acceptors (Lipinski definition) is 6. The molecule has 1 unspecified atom stereocenters. The zero-order valence-electron chi connectivity index (χ0n) is 10.4. The second-order valence-corrected chi connectivity index (χ2v) is 6.03. The Balaban J connectivity index is 2.45. The van der Waals surface area contributed by atoms with Crippen molar-refractivity contribution in [2.45, 2.75) is 30.7 Å². The minimum absolute atomic E-state index is 0.00552. The average molecular weight is 291 g/mol. The molecule has 1 aromatic heterocycles. The van der Waals surface area contributed by atoms with E-state index in [4.69, 9.17) is 9.84 Å². The van der Waals surface area contributed by atoms with Gasteiger partial charge in [0.05, 0.1) is 24.8 Å². The maximum absolute atomic E-state index is 10.6. The molecule has 1 aromatic rings. The Morgan fingerprint density at radius 2 is 2.33 bits per heavy atom. The molecule has 1 rings (SSSR count). The van der Waals surface area contributed by atoms with E-state index in [0.29, 0.717) is 19.0 Å². The summed E-state index contributed by atoms with van der Waals surface area (Å²) in [5.41, 5.74) is 0.754. The number of rotatable bonds is 8. The highest BCUT2D eigenvalue weighted by Gasteiger charge is 2.13. The van der Waals surface area contributed by atoms with Gasteiger partial charge in [-0.2, -0.15) is 0 Å². The van der Waals surface area contributed by atoms with E-state index in [1.165, 1.54) is 23.1 Å². The number of carboxylic acid groups (broad SMARTS) is 1. The average Bonchev–Trinajstić information content (AvgIpc) is 2.64. The molecule has 0 amide bonds. The van der Waals surface area contributed by atoms with Gasteiger partial charge >= 0.3 is 5.97 Å². The number of aromatic nitrogens is 1. The molecule has 1 heterocycles. The summed E-state index contributed by atoms with van der Waals surface area (Å²) in [4.78, 5) is 15.7. The van der Waals surface area contributed by atoms with Crippen molar-refractivity contribution in [3.63, 3.8) is 0 Å². The molecular formula is C11H17NO4S2. The van der Waals surface area contributed by atoms with Gasteiger partial charge in [-0.05, 0) is 13.8 Å². The standard InChI is InChI=1S/C11H17NO4S2/c1-3-16-5-8(13)6-17-11-12-7(2)9(18-11)4-10(14)15/h8,13H,3-6H2,1-2H3,(H,14,15). The summed E-state index contributed by atoms with van der Waals surface area (Å²) >= 11 is 2.80. The van der Waals surface area contributed by atoms with Crippen LogP contribution in [0.3, 0.4) is 0 Å². The Kier molecular flexibility index (Phi) is 6.62. The summed E-state index contributed by atoms with van der Waals surface area (Å²) in [6.07, 6.45) is -0.520. The van der Waals surface area contributed by atoms with Gasteiger partial charge < -0.3 is 14.9 Å². The number of carbonyl (C=O) groups is 1. The summed E-state index contributed by atoms with van der Waals surface area (Å²) in [6, 6.07) is 0. The fraction of sp³-hybridized carbons (Fsp3) is 0.636. The van der Waals surface area contributed by atoms with Crippen LogP contribution in [-0.2, 0) is 16.0 Å². The van der Waals surface area contributed by atoms with E-state index >= 15 is 0 Å². The van der Waals surface area contributed by atoms with Gasteiger partial charge in [0.1, 0.15) is 4.34 Å². The summed E-state index contributed by atoms with van der Waals surface area (Å²) in [6.45, 7) is 4.58. The van der Waals surface area contributed by atoms with Gasteiger partial charge in [0.2, 0.25) is 0 Å². The molecule has 0 saturated heterocycles. The third-order valence-corrected chi connectivity index (χ3v) is 4.54. The third-order valence-electron chi connectivity index (χ3n) is 2.10. The van der Waals surface area contributed by atoms with E-state index in [0.717, 1.165) is 14.9 Å². The predicted molar refractivity (Wildman–Crippen MR) is 71.4 cm³/mol. The number of aliphatic hydroxyl groups excluding tert-OH is 1. The third kappa shape index (κ3) is 5.34. The number of carboxylic acids is 1. The minimum atomic E-state index is -0.852. The first-order valence-electron chi connectivity index (χ1n) is 5.59. The van der Waals surface area contributed by atoms with Gasteiger partial charge in [-0.3, -0.25) is 4.79 Å². The van der Waals surface area contributed by atoms with Crippen LogP contribution in [-0.4, -0.2) is 46.2 Å². The summed E-state index contributed by atoms with van der Waals surface area (Å²) in [5.74, 6) is -0.353. The fourth-order valence-electron chi connectivity index (χ4n) is 1.23. The molecule has 0 spiro atoms. The number of aliphatic hydroxyl groups is 1. The smallest absolute Gasteiger partial charge is 0.308 e. The van der Waals surface area contributed by atoms with Gasteiger partial charge in [0, 0.05) is 17.2 Å². The van der Waals surface area contributed by atoms with Crippen LogP contribution in [0.1, 0.15) is 17.5 Å². The molecule has 0 saturated carbocycles. The number of thioether (sulfide) groups is 1. The van der Waals surface area contributed by atoms with Crippen LogP contribution < -0.4 is 0 Å². The Labute approximate surface area is 114 Å². The number of aliphatic carboxylic acids is 1. The van der Waals surface area contributed by atoms with Crippen LogP contribution in [0.5, 0.6) is 0 Å². The number of aryl methyl sites for hydroxylation is 1. The van der Waals surface area contributed by atoms with Crippen LogP contribution in [0.25, 0.3) is 0 Å². The van der Waals surface area contributed by atoms with E-state index < -0.39 is 12.1 Å². The molecule has 0 aromatic carbocycles. The lowest BCUT2D eigenvalue weighted by Crippen LogP contribution is -2.17. The normalized spacial score (nSPS) is 12.6. The molecule has 1 atom stereocenters. The van der Waals surface area contributed by atoms with Gasteiger partial charge in [0.15, 0.2) is 0 Å². The molecule has 0 aliphatic carbocycles. The van der Waals surface area contributed by atoms with Crippen molar-refractivity contribution in [2.24, 2.45) is 0 Å². The molecule has 7 heteroatoms. The predicted octanol–water partition coefficient (Wildman–Crippen LogP) is 1.57. The number of nitrogens with zero attached hydrogens (tertiary/aromatic N) is 1. The monoisotopic (exact) mass is 291 g/mol. The van der Waals surface area contributed by atoms with Gasteiger partial charge in [-0.25, -0.2) is 4.98 Å². The molecular weight excluding hydrogens is 274 g/mol. The number of thiazole rings is 1.